The molecule has 2 aromatic rings. The fraction of sp³-hybridized carbons (Fsp3) is 0.529. The molecule has 1 aromatic heterocycles. The first kappa shape index (κ1) is 17.3. The minimum Gasteiger partial charge on any atom is -0.497 e. The van der Waals surface area contributed by atoms with Gasteiger partial charge < -0.3 is 14.0 Å². The van der Waals surface area contributed by atoms with E-state index in [2.05, 4.69) is 28.9 Å². The lowest BCUT2D eigenvalue weighted by atomic mass is 10.2. The zero-order chi connectivity index (χ0) is 16.7. The van der Waals surface area contributed by atoms with Crippen LogP contribution >= 0.6 is 0 Å². The summed E-state index contributed by atoms with van der Waals surface area (Å²) >= 11 is 0. The van der Waals surface area contributed by atoms with Gasteiger partial charge in [-0.3, -0.25) is 4.90 Å². The highest BCUT2D eigenvalue weighted by Gasteiger charge is 2.16. The average molecular weight is 319 g/mol. The molecule has 6 nitrogen and oxygen atoms in total. The molecule has 0 saturated heterocycles. The highest BCUT2D eigenvalue weighted by atomic mass is 16.5. The van der Waals surface area contributed by atoms with Crippen molar-refractivity contribution in [3.8, 4) is 22.9 Å². The van der Waals surface area contributed by atoms with Crippen molar-refractivity contribution in [3.63, 3.8) is 0 Å². The van der Waals surface area contributed by atoms with E-state index in [-0.39, 0.29) is 0 Å². The molecule has 2 rings (SSSR count). The normalized spacial score (nSPS) is 11.0. The van der Waals surface area contributed by atoms with Gasteiger partial charge in [0.2, 0.25) is 11.7 Å². The maximum atomic E-state index is 5.41. The van der Waals surface area contributed by atoms with Crippen LogP contribution in [-0.2, 0) is 6.54 Å². The van der Waals surface area contributed by atoms with Crippen molar-refractivity contribution in [2.24, 2.45) is 0 Å². The van der Waals surface area contributed by atoms with Crippen LogP contribution in [0.2, 0.25) is 0 Å². The van der Waals surface area contributed by atoms with Gasteiger partial charge in [-0.2, -0.15) is 4.98 Å². The van der Waals surface area contributed by atoms with Crippen molar-refractivity contribution in [1.29, 1.82) is 0 Å². The van der Waals surface area contributed by atoms with Crippen LogP contribution in [0.4, 0.5) is 0 Å². The SMILES string of the molecule is CCCN(CCC)Cc1nc(-c2ccc(OC)cc2OC)no1. The molecule has 0 saturated carbocycles. The molecule has 0 aliphatic heterocycles. The summed E-state index contributed by atoms with van der Waals surface area (Å²) in [5, 5.41) is 4.09. The van der Waals surface area contributed by atoms with Gasteiger partial charge in [0.15, 0.2) is 0 Å². The number of aromatic nitrogens is 2. The monoisotopic (exact) mass is 319 g/mol. The summed E-state index contributed by atoms with van der Waals surface area (Å²) < 4.78 is 16.0. The molecule has 0 aliphatic rings. The minimum atomic E-state index is 0.535. The van der Waals surface area contributed by atoms with E-state index in [0.717, 1.165) is 37.2 Å². The Bertz CT molecular complexity index is 607. The first-order valence-corrected chi connectivity index (χ1v) is 7.99. The van der Waals surface area contributed by atoms with Gasteiger partial charge in [0.1, 0.15) is 11.5 Å². The highest BCUT2D eigenvalue weighted by Crippen LogP contribution is 2.31. The summed E-state index contributed by atoms with van der Waals surface area (Å²) in [6.07, 6.45) is 2.21. The third-order valence-corrected chi connectivity index (χ3v) is 3.56. The van der Waals surface area contributed by atoms with Gasteiger partial charge in [-0.15, -0.1) is 0 Å². The van der Waals surface area contributed by atoms with Crippen LogP contribution in [0.1, 0.15) is 32.6 Å². The summed E-state index contributed by atoms with van der Waals surface area (Å²) in [6.45, 7) is 7.07. The Labute approximate surface area is 137 Å². The van der Waals surface area contributed by atoms with Crippen LogP contribution in [0.3, 0.4) is 0 Å². The van der Waals surface area contributed by atoms with Crippen LogP contribution in [0.5, 0.6) is 11.5 Å². The molecule has 0 bridgehead atoms. The Morgan fingerprint density at radius 2 is 1.83 bits per heavy atom. The molecule has 0 N–H and O–H groups in total. The van der Waals surface area contributed by atoms with E-state index in [1.807, 2.05) is 18.2 Å². The van der Waals surface area contributed by atoms with E-state index in [4.69, 9.17) is 14.0 Å². The summed E-state index contributed by atoms with van der Waals surface area (Å²) in [5.41, 5.74) is 0.792. The molecule has 126 valence electrons. The fourth-order valence-corrected chi connectivity index (χ4v) is 2.51. The van der Waals surface area contributed by atoms with Gasteiger partial charge in [0, 0.05) is 6.07 Å². The first-order valence-electron chi connectivity index (χ1n) is 7.99. The number of hydrogen-bond acceptors (Lipinski definition) is 6. The number of rotatable bonds is 9. The van der Waals surface area contributed by atoms with Crippen LogP contribution in [-0.4, -0.2) is 42.3 Å². The van der Waals surface area contributed by atoms with Gasteiger partial charge in [0.25, 0.3) is 0 Å². The number of hydrogen-bond donors (Lipinski definition) is 0. The van der Waals surface area contributed by atoms with E-state index >= 15 is 0 Å². The fourth-order valence-electron chi connectivity index (χ4n) is 2.51. The van der Waals surface area contributed by atoms with E-state index in [1.165, 1.54) is 0 Å². The van der Waals surface area contributed by atoms with Crippen LogP contribution in [0.25, 0.3) is 11.4 Å². The Morgan fingerprint density at radius 3 is 2.43 bits per heavy atom. The van der Waals surface area contributed by atoms with Crippen molar-refractivity contribution >= 4 is 0 Å². The molecule has 0 unspecified atom stereocenters. The zero-order valence-electron chi connectivity index (χ0n) is 14.3. The third-order valence-electron chi connectivity index (χ3n) is 3.56. The number of nitrogens with zero attached hydrogens (tertiary/aromatic N) is 3. The molecule has 6 heteroatoms. The lowest BCUT2D eigenvalue weighted by Gasteiger charge is -2.18. The Balaban J connectivity index is 2.18. The van der Waals surface area contributed by atoms with Gasteiger partial charge in [-0.05, 0) is 38.1 Å². The first-order chi connectivity index (χ1) is 11.2. The predicted molar refractivity (Wildman–Crippen MR) is 88.7 cm³/mol. The van der Waals surface area contributed by atoms with Crippen molar-refractivity contribution in [1.82, 2.24) is 15.0 Å². The molecule has 0 amide bonds. The van der Waals surface area contributed by atoms with E-state index in [0.29, 0.717) is 24.0 Å². The van der Waals surface area contributed by atoms with Crippen molar-refractivity contribution in [3.05, 3.63) is 24.1 Å². The second-order valence-corrected chi connectivity index (χ2v) is 5.35. The highest BCUT2D eigenvalue weighted by molar-refractivity contribution is 5.65. The second-order valence-electron chi connectivity index (χ2n) is 5.35. The smallest absolute Gasteiger partial charge is 0.241 e. The number of methoxy groups -OCH3 is 2. The lowest BCUT2D eigenvalue weighted by Crippen LogP contribution is -2.25. The molecule has 0 atom stereocenters. The van der Waals surface area contributed by atoms with Crippen molar-refractivity contribution in [2.75, 3.05) is 27.3 Å². The topological polar surface area (TPSA) is 60.6 Å². The lowest BCUT2D eigenvalue weighted by molar-refractivity contribution is 0.227. The standard InChI is InChI=1S/C17H25N3O3/c1-5-9-20(10-6-2)12-16-18-17(19-23-16)14-8-7-13(21-3)11-15(14)22-4/h7-8,11H,5-6,9-10,12H2,1-4H3. The summed E-state index contributed by atoms with van der Waals surface area (Å²) in [6, 6.07) is 5.54. The Kier molecular flexibility index (Phi) is 6.40. The number of ether oxygens (including phenoxy) is 2. The van der Waals surface area contributed by atoms with E-state index < -0.39 is 0 Å². The average Bonchev–Trinajstić information content (AvgIpc) is 3.03. The molecule has 0 spiro atoms. The van der Waals surface area contributed by atoms with Gasteiger partial charge >= 0.3 is 0 Å². The summed E-state index contributed by atoms with van der Waals surface area (Å²) in [4.78, 5) is 6.83. The van der Waals surface area contributed by atoms with Gasteiger partial charge in [0.05, 0.1) is 26.3 Å². The molecular formula is C17H25N3O3. The van der Waals surface area contributed by atoms with Crippen molar-refractivity contribution in [2.45, 2.75) is 33.2 Å². The van der Waals surface area contributed by atoms with Gasteiger partial charge in [-0.1, -0.05) is 19.0 Å². The Hall–Kier alpha value is -2.08. The molecule has 0 aliphatic carbocycles. The van der Waals surface area contributed by atoms with Crippen molar-refractivity contribution < 1.29 is 14.0 Å². The maximum Gasteiger partial charge on any atom is 0.241 e. The van der Waals surface area contributed by atoms with E-state index in [1.54, 1.807) is 14.2 Å². The maximum absolute atomic E-state index is 5.41. The largest absolute Gasteiger partial charge is 0.497 e. The summed E-state index contributed by atoms with van der Waals surface area (Å²) in [5.74, 6) is 2.55. The number of benzene rings is 1. The van der Waals surface area contributed by atoms with E-state index in [9.17, 15) is 0 Å². The summed E-state index contributed by atoms with van der Waals surface area (Å²) in [7, 11) is 3.24. The van der Waals surface area contributed by atoms with Crippen LogP contribution in [0, 0.1) is 0 Å². The quantitative estimate of drug-likeness (QED) is 0.706. The van der Waals surface area contributed by atoms with Gasteiger partial charge in [-0.25, -0.2) is 0 Å². The third kappa shape index (κ3) is 4.45. The molecule has 0 radical (unpaired) electrons. The molecular weight excluding hydrogens is 294 g/mol. The van der Waals surface area contributed by atoms with Crippen LogP contribution < -0.4 is 9.47 Å². The van der Waals surface area contributed by atoms with Crippen LogP contribution in [0.15, 0.2) is 22.7 Å². The predicted octanol–water partition coefficient (Wildman–Crippen LogP) is 3.38. The minimum absolute atomic E-state index is 0.535. The zero-order valence-corrected chi connectivity index (χ0v) is 14.3. The molecule has 0 fully saturated rings. The molecule has 23 heavy (non-hydrogen) atoms. The molecule has 1 heterocycles. The Morgan fingerprint density at radius 1 is 1.09 bits per heavy atom. The second kappa shape index (κ2) is 8.53. The molecule has 1 aromatic carbocycles.